The fourth-order valence-electron chi connectivity index (χ4n) is 4.55. The molecule has 2 amide bonds. The van der Waals surface area contributed by atoms with Crippen LogP contribution in [0.2, 0.25) is 0 Å². The first-order valence-electron chi connectivity index (χ1n) is 13.9. The SMILES string of the molecule is Cn1c(N)c(-c2ccc(OC[C@H](O/N=C(\C(=O)NC3C(=O)N(OS(=O)(=O)[O-])C3(C)C)c3csc(N)n3)C(=O)O)cc2F)c[n+]1CCCN. The Hall–Kier alpha value is -4.90. The van der Waals surface area contributed by atoms with E-state index in [4.69, 9.17) is 26.8 Å². The van der Waals surface area contributed by atoms with Gasteiger partial charge in [-0.25, -0.2) is 22.6 Å². The van der Waals surface area contributed by atoms with Crippen LogP contribution in [0.4, 0.5) is 15.3 Å². The highest BCUT2D eigenvalue weighted by Crippen LogP contribution is 2.33. The van der Waals surface area contributed by atoms with E-state index in [0.717, 1.165) is 17.4 Å². The number of carbonyl (C=O) groups is 3. The monoisotopic (exact) mass is 713 g/mol. The lowest BCUT2D eigenvalue weighted by molar-refractivity contribution is -0.772. The Morgan fingerprint density at radius 1 is 1.31 bits per heavy atom. The number of nitrogen functional groups attached to an aromatic ring is 2. The molecule has 3 heterocycles. The summed E-state index contributed by atoms with van der Waals surface area (Å²) in [7, 11) is -3.57. The Kier molecular flexibility index (Phi) is 10.5. The van der Waals surface area contributed by atoms with Gasteiger partial charge < -0.3 is 41.8 Å². The van der Waals surface area contributed by atoms with Crippen molar-refractivity contribution in [1.29, 1.82) is 0 Å². The second kappa shape index (κ2) is 14.1. The van der Waals surface area contributed by atoms with Gasteiger partial charge in [-0.05, 0) is 32.5 Å². The van der Waals surface area contributed by atoms with Crippen LogP contribution in [0.25, 0.3) is 11.1 Å². The molecule has 8 N–H and O–H groups in total. The molecular formula is C26H32FN9O10S2. The van der Waals surface area contributed by atoms with Crippen LogP contribution in [0.3, 0.4) is 0 Å². The van der Waals surface area contributed by atoms with Crippen molar-refractivity contribution in [3.8, 4) is 16.9 Å². The summed E-state index contributed by atoms with van der Waals surface area (Å²) >= 11 is 0.913. The quantitative estimate of drug-likeness (QED) is 0.0310. The third-order valence-electron chi connectivity index (χ3n) is 7.16. The second-order valence-electron chi connectivity index (χ2n) is 10.8. The fourth-order valence-corrected chi connectivity index (χ4v) is 5.54. The Morgan fingerprint density at radius 3 is 2.58 bits per heavy atom. The van der Waals surface area contributed by atoms with Crippen LogP contribution >= 0.6 is 11.3 Å². The number of aromatic nitrogens is 3. The summed E-state index contributed by atoms with van der Waals surface area (Å²) in [5, 5.41) is 17.3. The third kappa shape index (κ3) is 7.79. The standard InChI is InChI=1S/C26H32FN9O10S2/c1-26(2)20(23(38)36(26)46-48(41,42)43)32-22(37)19(17-12-47-25(30)31-17)33-45-18(24(39)40)11-44-13-5-6-14(16(27)9-13)15-10-35(8-4-7-28)34(3)21(15)29/h5-6,9-10,12,18,20,29H,4,7-8,11,28H2,1-3H3,(H5,30,31,32,37,39,40,41,42,43)/b33-19-/t18-,20?/m0/s1. The number of amides is 2. The minimum atomic E-state index is -5.29. The van der Waals surface area contributed by atoms with Gasteiger partial charge in [-0.3, -0.25) is 9.59 Å². The van der Waals surface area contributed by atoms with Gasteiger partial charge in [-0.2, -0.15) is 9.35 Å². The van der Waals surface area contributed by atoms with Crippen molar-refractivity contribution in [2.75, 3.05) is 24.6 Å². The van der Waals surface area contributed by atoms with Crippen molar-refractivity contribution < 1.29 is 55.4 Å². The summed E-state index contributed by atoms with van der Waals surface area (Å²) in [6, 6.07) is 2.45. The molecule has 0 spiro atoms. The first-order chi connectivity index (χ1) is 22.4. The van der Waals surface area contributed by atoms with E-state index in [0.29, 0.717) is 30.9 Å². The number of aryl methyl sites for hydroxylation is 1. The van der Waals surface area contributed by atoms with Gasteiger partial charge in [0.25, 0.3) is 17.9 Å². The molecule has 0 aliphatic carbocycles. The summed E-state index contributed by atoms with van der Waals surface area (Å²) in [6.45, 7) is 2.95. The molecule has 48 heavy (non-hydrogen) atoms. The average molecular weight is 714 g/mol. The number of nitrogens with two attached hydrogens (primary N) is 3. The van der Waals surface area contributed by atoms with Crippen LogP contribution < -0.4 is 31.9 Å². The number of carboxylic acids is 1. The number of thiazole rings is 1. The van der Waals surface area contributed by atoms with Crippen LogP contribution in [0.5, 0.6) is 5.75 Å². The van der Waals surface area contributed by atoms with Crippen LogP contribution in [0.1, 0.15) is 26.0 Å². The predicted octanol–water partition coefficient (Wildman–Crippen LogP) is -1.16. The van der Waals surface area contributed by atoms with E-state index in [2.05, 4.69) is 19.7 Å². The van der Waals surface area contributed by atoms with Gasteiger partial charge in [-0.15, -0.1) is 20.7 Å². The number of β-lactam (4-membered cyclic amide) rings is 1. The number of benzene rings is 1. The van der Waals surface area contributed by atoms with Crippen LogP contribution in [-0.4, -0.2) is 87.1 Å². The third-order valence-corrected chi connectivity index (χ3v) is 8.16. The Bertz CT molecular complexity index is 1860. The fraction of sp³-hybridized carbons (Fsp3) is 0.385. The van der Waals surface area contributed by atoms with Gasteiger partial charge in [-0.1, -0.05) is 5.16 Å². The zero-order valence-electron chi connectivity index (χ0n) is 25.7. The molecule has 1 saturated heterocycles. The molecule has 22 heteroatoms. The van der Waals surface area contributed by atoms with Crippen LogP contribution in [-0.2, 0) is 47.5 Å². The minimum absolute atomic E-state index is 0.0111. The number of hydrogen-bond donors (Lipinski definition) is 5. The number of rotatable bonds is 15. The number of carboxylic acid groups (broad SMARTS) is 1. The molecule has 3 aromatic rings. The number of oxime groups is 1. The number of halogens is 1. The zero-order valence-corrected chi connectivity index (χ0v) is 27.3. The maximum Gasteiger partial charge on any atom is 0.351 e. The van der Waals surface area contributed by atoms with Gasteiger partial charge in [0.15, 0.2) is 23.2 Å². The normalized spacial score (nSPS) is 16.7. The Balaban J connectivity index is 1.49. The van der Waals surface area contributed by atoms with E-state index in [1.807, 2.05) is 0 Å². The first kappa shape index (κ1) is 35.9. The number of ether oxygens (including phenoxy) is 1. The maximum atomic E-state index is 15.2. The molecule has 2 aromatic heterocycles. The zero-order chi connectivity index (χ0) is 35.6. The predicted molar refractivity (Wildman–Crippen MR) is 164 cm³/mol. The molecule has 1 aromatic carbocycles. The van der Waals surface area contributed by atoms with Gasteiger partial charge in [0.1, 0.15) is 29.9 Å². The van der Waals surface area contributed by atoms with E-state index in [1.165, 1.54) is 31.4 Å². The molecule has 2 atom stereocenters. The maximum absolute atomic E-state index is 15.2. The summed E-state index contributed by atoms with van der Waals surface area (Å²) in [5.74, 6) is -4.17. The summed E-state index contributed by atoms with van der Waals surface area (Å²) in [6.07, 6.45) is 0.537. The van der Waals surface area contributed by atoms with Crippen molar-refractivity contribution in [3.63, 3.8) is 0 Å². The second-order valence-corrected chi connectivity index (χ2v) is 12.7. The van der Waals surface area contributed by atoms with Crippen molar-refractivity contribution in [2.24, 2.45) is 17.9 Å². The average Bonchev–Trinajstić information content (AvgIpc) is 3.56. The topological polar surface area (TPSA) is 284 Å². The Labute approximate surface area is 276 Å². The smallest absolute Gasteiger partial charge is 0.351 e. The number of anilines is 2. The lowest BCUT2D eigenvalue weighted by atomic mass is 9.84. The highest BCUT2D eigenvalue weighted by molar-refractivity contribution is 7.80. The number of hydrogen-bond acceptors (Lipinski definition) is 15. The molecule has 0 bridgehead atoms. The number of aliphatic carboxylic acids is 1. The number of carbonyl (C=O) groups excluding carboxylic acids is 2. The molecule has 1 unspecified atom stereocenters. The Morgan fingerprint density at radius 2 is 2.02 bits per heavy atom. The van der Waals surface area contributed by atoms with Crippen LogP contribution in [0, 0.1) is 5.82 Å². The van der Waals surface area contributed by atoms with Crippen molar-refractivity contribution >= 4 is 56.2 Å². The van der Waals surface area contributed by atoms with E-state index in [-0.39, 0.29) is 27.2 Å². The molecule has 0 saturated carbocycles. The molecule has 19 nitrogen and oxygen atoms in total. The van der Waals surface area contributed by atoms with Crippen molar-refractivity contribution in [2.45, 2.75) is 44.5 Å². The van der Waals surface area contributed by atoms with E-state index < -0.39 is 64.0 Å². The van der Waals surface area contributed by atoms with Crippen molar-refractivity contribution in [1.82, 2.24) is 20.0 Å². The number of nitrogens with one attached hydrogen (secondary N) is 1. The van der Waals surface area contributed by atoms with Crippen molar-refractivity contribution in [3.05, 3.63) is 41.3 Å². The molecule has 1 aliphatic heterocycles. The number of hydroxylamine groups is 2. The molecular weight excluding hydrogens is 681 g/mol. The molecule has 260 valence electrons. The van der Waals surface area contributed by atoms with E-state index in [9.17, 15) is 32.5 Å². The highest BCUT2D eigenvalue weighted by Gasteiger charge is 2.57. The summed E-state index contributed by atoms with van der Waals surface area (Å²) in [4.78, 5) is 46.7. The van der Waals surface area contributed by atoms with Gasteiger partial charge in [0, 0.05) is 23.4 Å². The molecule has 0 radical (unpaired) electrons. The lowest BCUT2D eigenvalue weighted by Crippen LogP contribution is -2.76. The number of nitrogens with zero attached hydrogens (tertiary/aromatic N) is 5. The molecule has 4 rings (SSSR count). The van der Waals surface area contributed by atoms with Crippen LogP contribution in [0.15, 0.2) is 34.9 Å². The van der Waals surface area contributed by atoms with E-state index in [1.54, 1.807) is 22.6 Å². The van der Waals surface area contributed by atoms with Gasteiger partial charge in [0.2, 0.25) is 16.6 Å². The van der Waals surface area contributed by atoms with E-state index >= 15 is 4.39 Å². The summed E-state index contributed by atoms with van der Waals surface area (Å²) < 4.78 is 61.2. The summed E-state index contributed by atoms with van der Waals surface area (Å²) in [5.41, 5.74) is 15.8. The largest absolute Gasteiger partial charge is 0.724 e. The first-order valence-corrected chi connectivity index (χ1v) is 16.1. The molecule has 1 aliphatic rings. The minimum Gasteiger partial charge on any atom is -0.724 e. The van der Waals surface area contributed by atoms with Gasteiger partial charge >= 0.3 is 5.97 Å². The molecule has 1 fully saturated rings. The lowest BCUT2D eigenvalue weighted by Gasteiger charge is -2.51. The van der Waals surface area contributed by atoms with Gasteiger partial charge in [0.05, 0.1) is 18.2 Å². The highest BCUT2D eigenvalue weighted by atomic mass is 32.3.